The Balaban J connectivity index is 1.45. The topological polar surface area (TPSA) is 6.25 Å². The van der Waals surface area contributed by atoms with E-state index in [1.165, 1.54) is 55.5 Å². The van der Waals surface area contributed by atoms with Crippen molar-refractivity contribution in [1.29, 1.82) is 0 Å². The van der Waals surface area contributed by atoms with Crippen LogP contribution in [-0.4, -0.2) is 23.9 Å². The van der Waals surface area contributed by atoms with E-state index in [2.05, 4.69) is 142 Å². The van der Waals surface area contributed by atoms with E-state index in [0.29, 0.717) is 0 Å². The number of hydrogen-bond acceptors (Lipinski definition) is 1. The quantitative estimate of drug-likeness (QED) is 0.273. The molecule has 2 heterocycles. The van der Waals surface area contributed by atoms with E-state index in [0.717, 1.165) is 6.54 Å². The molecule has 0 atom stereocenters. The van der Waals surface area contributed by atoms with Crippen LogP contribution in [0.1, 0.15) is 45.7 Å². The third kappa shape index (κ3) is 3.07. The van der Waals surface area contributed by atoms with Gasteiger partial charge in [0.05, 0.1) is 10.8 Å². The molecule has 2 nitrogen and oxygen atoms in total. The molecule has 0 unspecified atom stereocenters. The van der Waals surface area contributed by atoms with Gasteiger partial charge >= 0.3 is 0 Å². The predicted molar refractivity (Wildman–Crippen MR) is 155 cm³/mol. The molecular weight excluding hydrogens is 436 g/mol. The van der Waals surface area contributed by atoms with Crippen molar-refractivity contribution in [2.24, 2.45) is 0 Å². The first kappa shape index (κ1) is 22.8. The summed E-state index contributed by atoms with van der Waals surface area (Å²) in [6.07, 6.45) is 6.94. The minimum atomic E-state index is -0.0719. The van der Waals surface area contributed by atoms with E-state index in [1.54, 1.807) is 0 Å². The number of hydrogen-bond donors (Lipinski definition) is 0. The van der Waals surface area contributed by atoms with Crippen molar-refractivity contribution < 1.29 is 4.58 Å². The molecule has 2 heteroatoms. The molecule has 0 fully saturated rings. The lowest BCUT2D eigenvalue weighted by Crippen LogP contribution is -2.27. The van der Waals surface area contributed by atoms with E-state index in [4.69, 9.17) is 0 Å². The van der Waals surface area contributed by atoms with Crippen molar-refractivity contribution in [2.75, 3.05) is 18.5 Å². The normalized spacial score (nSPS) is 19.2. The second-order valence-corrected chi connectivity index (χ2v) is 11.2. The van der Waals surface area contributed by atoms with Crippen molar-refractivity contribution >= 4 is 38.6 Å². The van der Waals surface area contributed by atoms with E-state index >= 15 is 0 Å². The van der Waals surface area contributed by atoms with Crippen molar-refractivity contribution in [2.45, 2.75) is 45.4 Å². The van der Waals surface area contributed by atoms with Crippen LogP contribution in [0.5, 0.6) is 0 Å². The predicted octanol–water partition coefficient (Wildman–Crippen LogP) is 8.26. The van der Waals surface area contributed by atoms with Gasteiger partial charge in [-0.25, -0.2) is 0 Å². The molecule has 0 saturated carbocycles. The SMILES string of the molecule is CCN1C(=CC=CC2=[N+](C)c3c(ccc4ccccc34)C2(C)C)C(C)(C)c2c1ccc1ccccc21. The molecular formula is C34H35N2+. The monoisotopic (exact) mass is 471 g/mol. The van der Waals surface area contributed by atoms with Crippen LogP contribution in [0, 0.1) is 0 Å². The molecule has 0 aliphatic carbocycles. The lowest BCUT2D eigenvalue weighted by Gasteiger charge is -2.26. The van der Waals surface area contributed by atoms with Crippen LogP contribution in [0.4, 0.5) is 11.4 Å². The van der Waals surface area contributed by atoms with E-state index < -0.39 is 0 Å². The second-order valence-electron chi connectivity index (χ2n) is 11.2. The first-order valence-electron chi connectivity index (χ1n) is 13.1. The van der Waals surface area contributed by atoms with Gasteiger partial charge in [0.25, 0.3) is 0 Å². The Morgan fingerprint density at radius 1 is 0.778 bits per heavy atom. The molecule has 2 aliphatic rings. The van der Waals surface area contributed by atoms with Gasteiger partial charge in [0, 0.05) is 35.0 Å². The van der Waals surface area contributed by atoms with E-state index in [9.17, 15) is 0 Å². The van der Waals surface area contributed by atoms with Crippen molar-refractivity contribution in [3.05, 3.63) is 108 Å². The molecule has 0 radical (unpaired) electrons. The molecule has 0 saturated heterocycles. The van der Waals surface area contributed by atoms with E-state index in [1.807, 2.05) is 0 Å². The summed E-state index contributed by atoms with van der Waals surface area (Å²) >= 11 is 0. The zero-order valence-electron chi connectivity index (χ0n) is 22.3. The largest absolute Gasteiger partial charge is 0.344 e. The molecule has 4 aromatic carbocycles. The summed E-state index contributed by atoms with van der Waals surface area (Å²) in [5, 5.41) is 5.29. The maximum Gasteiger partial charge on any atom is 0.217 e. The number of anilines is 1. The fourth-order valence-corrected chi connectivity index (χ4v) is 6.73. The fraction of sp³-hybridized carbons (Fsp3) is 0.265. The molecule has 0 bridgehead atoms. The summed E-state index contributed by atoms with van der Waals surface area (Å²) in [6.45, 7) is 12.6. The average molecular weight is 472 g/mol. The highest BCUT2D eigenvalue weighted by Gasteiger charge is 2.44. The molecule has 2 aliphatic heterocycles. The lowest BCUT2D eigenvalue weighted by atomic mass is 9.80. The Labute approximate surface area is 214 Å². The Kier molecular flexibility index (Phi) is 5.02. The molecule has 0 spiro atoms. The molecule has 0 amide bonds. The minimum Gasteiger partial charge on any atom is -0.344 e. The smallest absolute Gasteiger partial charge is 0.217 e. The first-order chi connectivity index (χ1) is 17.3. The third-order valence-electron chi connectivity index (χ3n) is 8.49. The van der Waals surface area contributed by atoms with E-state index in [-0.39, 0.29) is 10.8 Å². The molecule has 180 valence electrons. The fourth-order valence-electron chi connectivity index (χ4n) is 6.73. The lowest BCUT2D eigenvalue weighted by molar-refractivity contribution is -0.399. The number of likely N-dealkylation sites (N-methyl/N-ethyl adjacent to an activating group) is 1. The van der Waals surface area contributed by atoms with Gasteiger partial charge in [-0.3, -0.25) is 0 Å². The Hall–Kier alpha value is -3.65. The Morgan fingerprint density at radius 2 is 1.42 bits per heavy atom. The van der Waals surface area contributed by atoms with Gasteiger partial charge in [0.1, 0.15) is 7.05 Å². The summed E-state index contributed by atoms with van der Waals surface area (Å²) in [4.78, 5) is 2.49. The highest BCUT2D eigenvalue weighted by Crippen LogP contribution is 2.50. The van der Waals surface area contributed by atoms with Crippen molar-refractivity contribution in [1.82, 2.24) is 0 Å². The summed E-state index contributed by atoms with van der Waals surface area (Å²) < 4.78 is 2.40. The maximum atomic E-state index is 2.49. The number of fused-ring (bicyclic) bond motifs is 6. The number of nitrogens with zero attached hydrogens (tertiary/aromatic N) is 2. The molecule has 6 rings (SSSR count). The highest BCUT2D eigenvalue weighted by molar-refractivity contribution is 6.07. The molecule has 0 aromatic heterocycles. The first-order valence-corrected chi connectivity index (χ1v) is 13.1. The second kappa shape index (κ2) is 7.93. The molecule has 0 N–H and O–H groups in total. The van der Waals surface area contributed by atoms with Gasteiger partial charge in [0.2, 0.25) is 5.69 Å². The minimum absolute atomic E-state index is 0.0576. The van der Waals surface area contributed by atoms with Gasteiger partial charge in [-0.15, -0.1) is 0 Å². The van der Waals surface area contributed by atoms with Gasteiger partial charge in [-0.2, -0.15) is 4.58 Å². The van der Waals surface area contributed by atoms with Crippen LogP contribution in [0.3, 0.4) is 0 Å². The van der Waals surface area contributed by atoms with Crippen LogP contribution in [0.15, 0.2) is 96.7 Å². The number of allylic oxidation sites excluding steroid dienone is 4. The number of benzene rings is 4. The molecule has 36 heavy (non-hydrogen) atoms. The zero-order chi connectivity index (χ0) is 25.2. The summed E-state index contributed by atoms with van der Waals surface area (Å²) in [5.74, 6) is 0. The van der Waals surface area contributed by atoms with Gasteiger partial charge in [-0.1, -0.05) is 80.6 Å². The summed E-state index contributed by atoms with van der Waals surface area (Å²) in [7, 11) is 2.21. The zero-order valence-corrected chi connectivity index (χ0v) is 22.3. The van der Waals surface area contributed by atoms with Crippen LogP contribution in [0.25, 0.3) is 21.5 Å². The average Bonchev–Trinajstić information content (AvgIpc) is 3.22. The third-order valence-corrected chi connectivity index (χ3v) is 8.49. The van der Waals surface area contributed by atoms with Crippen molar-refractivity contribution in [3.8, 4) is 0 Å². The number of rotatable bonds is 3. The Morgan fingerprint density at radius 3 is 2.14 bits per heavy atom. The highest BCUT2D eigenvalue weighted by atomic mass is 15.2. The van der Waals surface area contributed by atoms with Gasteiger partial charge in [0.15, 0.2) is 5.71 Å². The van der Waals surface area contributed by atoms with Crippen LogP contribution >= 0.6 is 0 Å². The molecule has 4 aromatic rings. The van der Waals surface area contributed by atoms with Gasteiger partial charge in [-0.05, 0) is 60.7 Å². The van der Waals surface area contributed by atoms with Crippen molar-refractivity contribution in [3.63, 3.8) is 0 Å². The standard InChI is InChI=1S/C34H35N2/c1-7-36-28-22-20-23-13-8-10-15-25(23)31(28)34(4,5)30(36)18-12-17-29-33(2,3)27-21-19-24-14-9-11-16-26(24)32(27)35(29)6/h8-22H,7H2,1-6H3/q+1. The van der Waals surface area contributed by atoms with Crippen LogP contribution < -0.4 is 4.90 Å². The van der Waals surface area contributed by atoms with Crippen LogP contribution in [0.2, 0.25) is 0 Å². The van der Waals surface area contributed by atoms with Gasteiger partial charge < -0.3 is 4.90 Å². The summed E-state index contributed by atoms with van der Waals surface area (Å²) in [5.41, 5.74) is 8.06. The maximum absolute atomic E-state index is 2.49. The van der Waals surface area contributed by atoms with Crippen LogP contribution in [-0.2, 0) is 10.8 Å². The summed E-state index contributed by atoms with van der Waals surface area (Å²) in [6, 6.07) is 26.6. The Bertz CT molecular complexity index is 1630.